The first-order valence-corrected chi connectivity index (χ1v) is 7.91. The first-order valence-electron chi connectivity index (χ1n) is 6.83. The molecule has 0 aliphatic carbocycles. The number of hydrogen-bond acceptors (Lipinski definition) is 4. The molecule has 0 aliphatic heterocycles. The Bertz CT molecular complexity index is 715. The molecule has 2 aromatic rings. The van der Waals surface area contributed by atoms with Gasteiger partial charge in [-0.3, -0.25) is 14.6 Å². The highest BCUT2D eigenvalue weighted by Crippen LogP contribution is 2.11. The third-order valence-electron chi connectivity index (χ3n) is 2.82. The van der Waals surface area contributed by atoms with Crippen LogP contribution >= 0.6 is 22.6 Å². The van der Waals surface area contributed by atoms with Crippen molar-refractivity contribution in [3.8, 4) is 0 Å². The fraction of sp³-hybridized carbons (Fsp3) is 0.125. The van der Waals surface area contributed by atoms with Crippen LogP contribution in [0.25, 0.3) is 0 Å². The highest BCUT2D eigenvalue weighted by atomic mass is 127. The molecule has 7 heteroatoms. The third kappa shape index (κ3) is 5.78. The number of nitrogens with one attached hydrogen (secondary N) is 2. The molecule has 0 saturated heterocycles. The molecule has 0 saturated carbocycles. The summed E-state index contributed by atoms with van der Waals surface area (Å²) in [5.74, 6) is -0.557. The Morgan fingerprint density at radius 3 is 2.61 bits per heavy atom. The van der Waals surface area contributed by atoms with Crippen LogP contribution in [-0.4, -0.2) is 22.5 Å². The van der Waals surface area contributed by atoms with Crippen molar-refractivity contribution in [2.24, 2.45) is 5.10 Å². The monoisotopic (exact) mass is 422 g/mol. The number of halogens is 1. The van der Waals surface area contributed by atoms with Gasteiger partial charge >= 0.3 is 0 Å². The number of rotatable bonds is 5. The second kappa shape index (κ2) is 8.37. The molecule has 0 aliphatic rings. The number of nitrogens with zero attached hydrogens (tertiary/aromatic N) is 2. The van der Waals surface area contributed by atoms with Gasteiger partial charge in [-0.1, -0.05) is 0 Å². The maximum atomic E-state index is 11.9. The van der Waals surface area contributed by atoms with Crippen LogP contribution in [0.5, 0.6) is 0 Å². The lowest BCUT2D eigenvalue weighted by Gasteiger charge is -2.05. The molecule has 0 atom stereocenters. The summed E-state index contributed by atoms with van der Waals surface area (Å²) in [7, 11) is 0. The van der Waals surface area contributed by atoms with E-state index in [9.17, 15) is 9.59 Å². The van der Waals surface area contributed by atoms with Crippen LogP contribution in [0.2, 0.25) is 0 Å². The predicted octanol–water partition coefficient (Wildman–Crippen LogP) is 2.82. The van der Waals surface area contributed by atoms with Crippen molar-refractivity contribution in [2.75, 3.05) is 5.32 Å². The maximum Gasteiger partial charge on any atom is 0.272 e. The topological polar surface area (TPSA) is 83.5 Å². The molecule has 2 rings (SSSR count). The standard InChI is InChI=1S/C16H15IN4O2/c1-11(20-21-16(23)12-3-2-8-18-10-12)9-15(22)19-14-6-4-13(17)5-7-14/h2-8,10H,9H2,1H3,(H,19,22)(H,21,23). The Morgan fingerprint density at radius 1 is 1.22 bits per heavy atom. The molecule has 1 aromatic carbocycles. The second-order valence-corrected chi connectivity index (χ2v) is 6.01. The highest BCUT2D eigenvalue weighted by molar-refractivity contribution is 14.1. The highest BCUT2D eigenvalue weighted by Gasteiger charge is 2.07. The van der Waals surface area contributed by atoms with E-state index < -0.39 is 0 Å². The van der Waals surface area contributed by atoms with E-state index in [0.29, 0.717) is 11.3 Å². The van der Waals surface area contributed by atoms with Crippen molar-refractivity contribution < 1.29 is 9.59 Å². The molecule has 1 aromatic heterocycles. The van der Waals surface area contributed by atoms with E-state index in [-0.39, 0.29) is 18.2 Å². The number of aromatic nitrogens is 1. The quantitative estimate of drug-likeness (QED) is 0.442. The van der Waals surface area contributed by atoms with Crippen LogP contribution in [0.3, 0.4) is 0 Å². The lowest BCUT2D eigenvalue weighted by Crippen LogP contribution is -2.21. The zero-order chi connectivity index (χ0) is 16.7. The van der Waals surface area contributed by atoms with Crippen molar-refractivity contribution in [1.82, 2.24) is 10.4 Å². The van der Waals surface area contributed by atoms with Crippen LogP contribution in [0.15, 0.2) is 53.9 Å². The van der Waals surface area contributed by atoms with E-state index in [1.165, 1.54) is 6.20 Å². The summed E-state index contributed by atoms with van der Waals surface area (Å²) in [6.45, 7) is 1.68. The summed E-state index contributed by atoms with van der Waals surface area (Å²) in [4.78, 5) is 27.6. The third-order valence-corrected chi connectivity index (χ3v) is 3.54. The van der Waals surface area contributed by atoms with Crippen LogP contribution in [0, 0.1) is 3.57 Å². The van der Waals surface area contributed by atoms with Crippen LogP contribution in [-0.2, 0) is 4.79 Å². The zero-order valence-corrected chi connectivity index (χ0v) is 14.6. The number of anilines is 1. The van der Waals surface area contributed by atoms with Crippen molar-refractivity contribution >= 4 is 45.8 Å². The summed E-state index contributed by atoms with van der Waals surface area (Å²) < 4.78 is 1.09. The van der Waals surface area contributed by atoms with Crippen molar-refractivity contribution in [3.63, 3.8) is 0 Å². The minimum atomic E-state index is -0.365. The molecule has 0 fully saturated rings. The molecule has 0 bridgehead atoms. The molecule has 118 valence electrons. The van der Waals surface area contributed by atoms with Gasteiger partial charge in [0.05, 0.1) is 12.0 Å². The lowest BCUT2D eigenvalue weighted by molar-refractivity contribution is -0.115. The number of hydrazone groups is 1. The maximum absolute atomic E-state index is 11.9. The summed E-state index contributed by atoms with van der Waals surface area (Å²) in [6, 6.07) is 10.8. The minimum absolute atomic E-state index is 0.0965. The van der Waals surface area contributed by atoms with Gasteiger partial charge in [0, 0.05) is 27.4 Å². The number of carbonyl (C=O) groups is 2. The molecular formula is C16H15IN4O2. The fourth-order valence-corrected chi connectivity index (χ4v) is 2.08. The van der Waals surface area contributed by atoms with Gasteiger partial charge in [0.15, 0.2) is 0 Å². The van der Waals surface area contributed by atoms with Gasteiger partial charge in [-0.25, -0.2) is 5.43 Å². The van der Waals surface area contributed by atoms with E-state index in [2.05, 4.69) is 43.4 Å². The normalized spacial score (nSPS) is 11.0. The van der Waals surface area contributed by atoms with Gasteiger partial charge in [-0.15, -0.1) is 0 Å². The number of hydrogen-bond donors (Lipinski definition) is 2. The SMILES string of the molecule is CC(CC(=O)Nc1ccc(I)cc1)=NNC(=O)c1cccnc1. The molecule has 2 N–H and O–H groups in total. The van der Waals surface area contributed by atoms with E-state index in [1.54, 1.807) is 25.3 Å². The molecule has 0 spiro atoms. The Hall–Kier alpha value is -2.29. The van der Waals surface area contributed by atoms with Gasteiger partial charge in [0.2, 0.25) is 5.91 Å². The molecule has 2 amide bonds. The Kier molecular flexibility index (Phi) is 6.21. The first-order chi connectivity index (χ1) is 11.0. The van der Waals surface area contributed by atoms with Crippen molar-refractivity contribution in [1.29, 1.82) is 0 Å². The average Bonchev–Trinajstić information content (AvgIpc) is 2.55. The Labute approximate surface area is 147 Å². The smallest absolute Gasteiger partial charge is 0.272 e. The van der Waals surface area contributed by atoms with Crippen LogP contribution in [0.1, 0.15) is 23.7 Å². The lowest BCUT2D eigenvalue weighted by atomic mass is 10.2. The summed E-state index contributed by atoms with van der Waals surface area (Å²) in [6.07, 6.45) is 3.13. The number of benzene rings is 1. The molecule has 23 heavy (non-hydrogen) atoms. The van der Waals surface area contributed by atoms with E-state index in [0.717, 1.165) is 9.26 Å². The molecular weight excluding hydrogens is 407 g/mol. The summed E-state index contributed by atoms with van der Waals surface area (Å²) in [5, 5.41) is 6.70. The fourth-order valence-electron chi connectivity index (χ4n) is 1.72. The van der Waals surface area contributed by atoms with Gasteiger partial charge in [0.25, 0.3) is 5.91 Å². The number of carbonyl (C=O) groups excluding carboxylic acids is 2. The average molecular weight is 422 g/mol. The first kappa shape index (κ1) is 17.1. The largest absolute Gasteiger partial charge is 0.326 e. The van der Waals surface area contributed by atoms with Gasteiger partial charge in [-0.2, -0.15) is 5.10 Å². The van der Waals surface area contributed by atoms with E-state index >= 15 is 0 Å². The minimum Gasteiger partial charge on any atom is -0.326 e. The van der Waals surface area contributed by atoms with Crippen molar-refractivity contribution in [2.45, 2.75) is 13.3 Å². The molecule has 6 nitrogen and oxygen atoms in total. The summed E-state index contributed by atoms with van der Waals surface area (Å²) >= 11 is 2.20. The van der Waals surface area contributed by atoms with E-state index in [4.69, 9.17) is 0 Å². The summed E-state index contributed by atoms with van der Waals surface area (Å²) in [5.41, 5.74) is 4.04. The number of pyridine rings is 1. The molecule has 0 radical (unpaired) electrons. The zero-order valence-electron chi connectivity index (χ0n) is 12.4. The van der Waals surface area contributed by atoms with Gasteiger partial charge in [0.1, 0.15) is 0 Å². The van der Waals surface area contributed by atoms with Crippen LogP contribution < -0.4 is 10.7 Å². The number of amides is 2. The van der Waals surface area contributed by atoms with Gasteiger partial charge in [-0.05, 0) is 65.9 Å². The van der Waals surface area contributed by atoms with E-state index in [1.807, 2.05) is 24.3 Å². The predicted molar refractivity (Wildman–Crippen MR) is 97.2 cm³/mol. The second-order valence-electron chi connectivity index (χ2n) is 4.76. The Balaban J connectivity index is 1.85. The van der Waals surface area contributed by atoms with Crippen molar-refractivity contribution in [3.05, 3.63) is 57.9 Å². The molecule has 0 unspecified atom stereocenters. The van der Waals surface area contributed by atoms with Gasteiger partial charge < -0.3 is 5.32 Å². The molecule has 1 heterocycles. The Morgan fingerprint density at radius 2 is 1.96 bits per heavy atom. The van der Waals surface area contributed by atoms with Crippen LogP contribution in [0.4, 0.5) is 5.69 Å².